The van der Waals surface area contributed by atoms with E-state index in [1.54, 1.807) is 6.07 Å². The molecule has 4 aromatic rings. The summed E-state index contributed by atoms with van der Waals surface area (Å²) in [6, 6.07) is 22.4. The Kier molecular flexibility index (Phi) is 4.93. The topological polar surface area (TPSA) is 79.0 Å². The van der Waals surface area contributed by atoms with Crippen molar-refractivity contribution in [1.82, 2.24) is 9.97 Å². The van der Waals surface area contributed by atoms with E-state index in [1.807, 2.05) is 73.7 Å². The lowest BCUT2D eigenvalue weighted by molar-refractivity contribution is 0.262. The van der Waals surface area contributed by atoms with Gasteiger partial charge in [-0.3, -0.25) is 0 Å². The van der Waals surface area contributed by atoms with Crippen molar-refractivity contribution in [2.75, 3.05) is 17.2 Å². The molecule has 1 heterocycles. The molecule has 0 saturated carbocycles. The third-order valence-electron chi connectivity index (χ3n) is 4.24. The number of imidazole rings is 1. The molecule has 6 nitrogen and oxygen atoms in total. The van der Waals surface area contributed by atoms with E-state index in [1.165, 1.54) is 0 Å². The summed E-state index contributed by atoms with van der Waals surface area (Å²) in [5.41, 5.74) is 4.18. The molecule has 2 amide bonds. The largest absolute Gasteiger partial charge is 0.492 e. The molecule has 0 spiro atoms. The molecule has 1 aromatic heterocycles. The summed E-state index contributed by atoms with van der Waals surface area (Å²) in [5.74, 6) is 1.43. The molecule has 0 aliphatic heterocycles. The number of urea groups is 1. The predicted octanol–water partition coefficient (Wildman–Crippen LogP) is 5.27. The highest BCUT2D eigenvalue weighted by molar-refractivity contribution is 6.00. The highest BCUT2D eigenvalue weighted by atomic mass is 16.5. The number of amides is 2. The smallest absolute Gasteiger partial charge is 0.323 e. The summed E-state index contributed by atoms with van der Waals surface area (Å²) in [7, 11) is 0. The van der Waals surface area contributed by atoms with Crippen LogP contribution in [-0.2, 0) is 0 Å². The van der Waals surface area contributed by atoms with Crippen LogP contribution in [0.1, 0.15) is 6.92 Å². The average molecular weight is 372 g/mol. The Morgan fingerprint density at radius 1 is 0.964 bits per heavy atom. The van der Waals surface area contributed by atoms with E-state index in [0.29, 0.717) is 23.7 Å². The van der Waals surface area contributed by atoms with Gasteiger partial charge in [0.2, 0.25) is 0 Å². The van der Waals surface area contributed by atoms with Crippen molar-refractivity contribution in [1.29, 1.82) is 0 Å². The molecule has 0 atom stereocenters. The van der Waals surface area contributed by atoms with Gasteiger partial charge in [-0.25, -0.2) is 9.78 Å². The molecule has 28 heavy (non-hydrogen) atoms. The van der Waals surface area contributed by atoms with Crippen LogP contribution in [0.2, 0.25) is 0 Å². The van der Waals surface area contributed by atoms with E-state index in [4.69, 9.17) is 4.74 Å². The Morgan fingerprint density at radius 3 is 2.50 bits per heavy atom. The molecule has 0 aliphatic carbocycles. The van der Waals surface area contributed by atoms with Crippen molar-refractivity contribution in [3.8, 4) is 17.1 Å². The SMILES string of the molecule is CCOc1ccccc1NC(=O)Nc1ccc(-c2nc3ccccc3[nH]2)cc1. The molecule has 0 fully saturated rings. The van der Waals surface area contributed by atoms with Gasteiger partial charge in [0.1, 0.15) is 11.6 Å². The predicted molar refractivity (Wildman–Crippen MR) is 112 cm³/mol. The fourth-order valence-electron chi connectivity index (χ4n) is 2.94. The van der Waals surface area contributed by atoms with Gasteiger partial charge in [-0.15, -0.1) is 0 Å². The number of nitrogens with one attached hydrogen (secondary N) is 3. The second-order valence-corrected chi connectivity index (χ2v) is 6.19. The molecule has 3 N–H and O–H groups in total. The number of ether oxygens (including phenoxy) is 1. The third-order valence-corrected chi connectivity index (χ3v) is 4.24. The lowest BCUT2D eigenvalue weighted by atomic mass is 10.2. The monoisotopic (exact) mass is 372 g/mol. The molecule has 0 saturated heterocycles. The van der Waals surface area contributed by atoms with E-state index in [-0.39, 0.29) is 6.03 Å². The van der Waals surface area contributed by atoms with Gasteiger partial charge in [0.15, 0.2) is 0 Å². The van der Waals surface area contributed by atoms with Crippen LogP contribution in [0.25, 0.3) is 22.4 Å². The number of rotatable bonds is 5. The number of benzene rings is 3. The fraction of sp³-hybridized carbons (Fsp3) is 0.0909. The average Bonchev–Trinajstić information content (AvgIpc) is 3.14. The lowest BCUT2D eigenvalue weighted by Crippen LogP contribution is -2.19. The minimum Gasteiger partial charge on any atom is -0.492 e. The van der Waals surface area contributed by atoms with Gasteiger partial charge >= 0.3 is 6.03 Å². The van der Waals surface area contributed by atoms with Gasteiger partial charge in [-0.05, 0) is 55.5 Å². The van der Waals surface area contributed by atoms with E-state index in [2.05, 4.69) is 20.6 Å². The van der Waals surface area contributed by atoms with Gasteiger partial charge in [-0.2, -0.15) is 0 Å². The standard InChI is InChI=1S/C22H20N4O2/c1-2-28-20-10-6-5-9-19(20)26-22(27)23-16-13-11-15(12-14-16)21-24-17-7-3-4-8-18(17)25-21/h3-14H,2H2,1H3,(H,24,25)(H2,23,26,27). The summed E-state index contributed by atoms with van der Waals surface area (Å²) < 4.78 is 5.52. The fourth-order valence-corrected chi connectivity index (χ4v) is 2.94. The summed E-state index contributed by atoms with van der Waals surface area (Å²) in [5, 5.41) is 5.64. The number of H-pyrrole nitrogens is 1. The van der Waals surface area contributed by atoms with Crippen LogP contribution in [0.4, 0.5) is 16.2 Å². The number of hydrogen-bond donors (Lipinski definition) is 3. The van der Waals surface area contributed by atoms with Gasteiger partial charge in [-0.1, -0.05) is 24.3 Å². The van der Waals surface area contributed by atoms with Gasteiger partial charge in [0.25, 0.3) is 0 Å². The Morgan fingerprint density at radius 2 is 1.71 bits per heavy atom. The van der Waals surface area contributed by atoms with E-state index >= 15 is 0 Å². The van der Waals surface area contributed by atoms with Crippen LogP contribution in [0.3, 0.4) is 0 Å². The summed E-state index contributed by atoms with van der Waals surface area (Å²) in [6.45, 7) is 2.43. The normalized spacial score (nSPS) is 10.6. The molecule has 0 bridgehead atoms. The number of nitrogens with zero attached hydrogens (tertiary/aromatic N) is 1. The number of carbonyl (C=O) groups excluding carboxylic acids is 1. The zero-order valence-corrected chi connectivity index (χ0v) is 15.4. The lowest BCUT2D eigenvalue weighted by Gasteiger charge is -2.12. The molecular weight excluding hydrogens is 352 g/mol. The van der Waals surface area contributed by atoms with Crippen LogP contribution >= 0.6 is 0 Å². The second kappa shape index (κ2) is 7.84. The van der Waals surface area contributed by atoms with E-state index in [0.717, 1.165) is 22.4 Å². The summed E-state index contributed by atoms with van der Waals surface area (Å²) in [6.07, 6.45) is 0. The zero-order chi connectivity index (χ0) is 19.3. The Bertz CT molecular complexity index is 1070. The first-order valence-electron chi connectivity index (χ1n) is 9.08. The number of aromatic nitrogens is 2. The van der Waals surface area contributed by atoms with Crippen LogP contribution in [0, 0.1) is 0 Å². The molecule has 6 heteroatoms. The maximum absolute atomic E-state index is 12.3. The van der Waals surface area contributed by atoms with Crippen LogP contribution in [0.5, 0.6) is 5.75 Å². The van der Waals surface area contributed by atoms with E-state index in [9.17, 15) is 4.79 Å². The van der Waals surface area contributed by atoms with Crippen molar-refractivity contribution in [2.24, 2.45) is 0 Å². The number of fused-ring (bicyclic) bond motifs is 1. The van der Waals surface area contributed by atoms with Crippen molar-refractivity contribution in [3.63, 3.8) is 0 Å². The minimum absolute atomic E-state index is 0.330. The highest BCUT2D eigenvalue weighted by Crippen LogP contribution is 2.25. The summed E-state index contributed by atoms with van der Waals surface area (Å²) >= 11 is 0. The second-order valence-electron chi connectivity index (χ2n) is 6.19. The molecule has 0 aliphatic rings. The number of carbonyl (C=O) groups is 1. The Balaban J connectivity index is 1.45. The van der Waals surface area contributed by atoms with Gasteiger partial charge < -0.3 is 20.4 Å². The molecule has 3 aromatic carbocycles. The number of anilines is 2. The maximum atomic E-state index is 12.3. The maximum Gasteiger partial charge on any atom is 0.323 e. The first-order valence-corrected chi connectivity index (χ1v) is 9.08. The van der Waals surface area contributed by atoms with Crippen molar-refractivity contribution < 1.29 is 9.53 Å². The third kappa shape index (κ3) is 3.81. The van der Waals surface area contributed by atoms with Crippen LogP contribution in [0.15, 0.2) is 72.8 Å². The van der Waals surface area contributed by atoms with Gasteiger partial charge in [0, 0.05) is 11.3 Å². The summed E-state index contributed by atoms with van der Waals surface area (Å²) in [4.78, 5) is 20.2. The van der Waals surface area contributed by atoms with Crippen molar-refractivity contribution in [2.45, 2.75) is 6.92 Å². The van der Waals surface area contributed by atoms with Gasteiger partial charge in [0.05, 0.1) is 23.3 Å². The number of aromatic amines is 1. The van der Waals surface area contributed by atoms with E-state index < -0.39 is 0 Å². The van der Waals surface area contributed by atoms with Crippen molar-refractivity contribution >= 4 is 28.4 Å². The first kappa shape index (κ1) is 17.6. The quantitative estimate of drug-likeness (QED) is 0.446. The number of hydrogen-bond acceptors (Lipinski definition) is 3. The van der Waals surface area contributed by atoms with Crippen LogP contribution < -0.4 is 15.4 Å². The zero-order valence-electron chi connectivity index (χ0n) is 15.4. The molecule has 4 rings (SSSR count). The number of para-hydroxylation sites is 4. The first-order chi connectivity index (χ1) is 13.7. The van der Waals surface area contributed by atoms with Crippen LogP contribution in [-0.4, -0.2) is 22.6 Å². The molecule has 0 unspecified atom stereocenters. The Hall–Kier alpha value is -3.80. The molecule has 140 valence electrons. The highest BCUT2D eigenvalue weighted by Gasteiger charge is 2.09. The van der Waals surface area contributed by atoms with Crippen molar-refractivity contribution in [3.05, 3.63) is 72.8 Å². The molecular formula is C22H20N4O2. The minimum atomic E-state index is -0.330. The molecule has 0 radical (unpaired) electrons. The Labute approximate surface area is 162 Å².